The average molecular weight is 237 g/mol. The van der Waals surface area contributed by atoms with E-state index < -0.39 is 12.6 Å². The van der Waals surface area contributed by atoms with Gasteiger partial charge in [0.15, 0.2) is 0 Å². The van der Waals surface area contributed by atoms with E-state index in [1.54, 1.807) is 0 Å². The lowest BCUT2D eigenvalue weighted by Crippen LogP contribution is -2.20. The number of alkyl halides is 3. The van der Waals surface area contributed by atoms with Crippen LogP contribution in [0.25, 0.3) is 0 Å². The molecule has 0 N–H and O–H groups in total. The van der Waals surface area contributed by atoms with Crippen LogP contribution < -0.4 is 0 Å². The lowest BCUT2D eigenvalue weighted by Gasteiger charge is -2.23. The largest absolute Gasteiger partial charge is 0.389 e. The highest BCUT2D eigenvalue weighted by Crippen LogP contribution is 2.31. The zero-order valence-corrected chi connectivity index (χ0v) is 10.2. The molecule has 0 aromatic heterocycles. The summed E-state index contributed by atoms with van der Waals surface area (Å²) in [5, 5.41) is 0. The highest BCUT2D eigenvalue weighted by atomic mass is 19.4. The third-order valence-corrected chi connectivity index (χ3v) is 3.68. The molecule has 1 heterocycles. The molecule has 1 aliphatic heterocycles. The number of likely N-dealkylation sites (tertiary alicyclic amines) is 1. The molecule has 0 spiro atoms. The molecule has 96 valence electrons. The minimum Gasteiger partial charge on any atom is -0.306 e. The van der Waals surface area contributed by atoms with Crippen LogP contribution in [0.5, 0.6) is 0 Å². The molecule has 1 fully saturated rings. The molecule has 4 heteroatoms. The van der Waals surface area contributed by atoms with Crippen LogP contribution >= 0.6 is 0 Å². The Balaban J connectivity index is 2.32. The zero-order chi connectivity index (χ0) is 12.2. The summed E-state index contributed by atoms with van der Waals surface area (Å²) in [7, 11) is 2.09. The number of hydrogen-bond donors (Lipinski definition) is 0. The summed E-state index contributed by atoms with van der Waals surface area (Å²) in [6, 6.07) is 0. The maximum absolute atomic E-state index is 12.1. The first-order valence-corrected chi connectivity index (χ1v) is 6.14. The van der Waals surface area contributed by atoms with Crippen molar-refractivity contribution in [3.05, 3.63) is 0 Å². The minimum absolute atomic E-state index is 0.202. The second kappa shape index (κ2) is 5.89. The molecule has 1 rings (SSSR count). The normalized spacial score (nSPS) is 26.4. The molecule has 1 nitrogen and oxygen atoms in total. The number of halogens is 3. The Labute approximate surface area is 96.0 Å². The molecule has 1 saturated heterocycles. The summed E-state index contributed by atoms with van der Waals surface area (Å²) in [6.45, 7) is 4.09. The Hall–Kier alpha value is -0.250. The van der Waals surface area contributed by atoms with E-state index in [1.165, 1.54) is 0 Å². The van der Waals surface area contributed by atoms with E-state index in [-0.39, 0.29) is 12.3 Å². The lowest BCUT2D eigenvalue weighted by atomic mass is 9.85. The Morgan fingerprint density at radius 1 is 1.25 bits per heavy atom. The third-order valence-electron chi connectivity index (χ3n) is 3.68. The molecular weight excluding hydrogens is 215 g/mol. The van der Waals surface area contributed by atoms with E-state index in [4.69, 9.17) is 0 Å². The first-order valence-electron chi connectivity index (χ1n) is 6.14. The van der Waals surface area contributed by atoms with Gasteiger partial charge in [0.05, 0.1) is 0 Å². The van der Waals surface area contributed by atoms with E-state index in [1.807, 2.05) is 6.92 Å². The van der Waals surface area contributed by atoms with Crippen molar-refractivity contribution in [3.8, 4) is 0 Å². The molecule has 0 aromatic carbocycles. The highest BCUT2D eigenvalue weighted by Gasteiger charge is 2.29. The molecule has 1 aliphatic rings. The molecule has 0 aromatic rings. The van der Waals surface area contributed by atoms with Crippen molar-refractivity contribution in [2.75, 3.05) is 20.1 Å². The van der Waals surface area contributed by atoms with E-state index >= 15 is 0 Å². The van der Waals surface area contributed by atoms with Gasteiger partial charge in [-0.15, -0.1) is 0 Å². The molecule has 0 amide bonds. The van der Waals surface area contributed by atoms with Crippen molar-refractivity contribution in [2.45, 2.75) is 45.2 Å². The summed E-state index contributed by atoms with van der Waals surface area (Å²) < 4.78 is 36.4. The van der Waals surface area contributed by atoms with Gasteiger partial charge in [-0.1, -0.05) is 6.92 Å². The maximum Gasteiger partial charge on any atom is 0.389 e. The maximum atomic E-state index is 12.1. The quantitative estimate of drug-likeness (QED) is 0.723. The molecule has 2 atom stereocenters. The van der Waals surface area contributed by atoms with Gasteiger partial charge < -0.3 is 4.90 Å². The summed E-state index contributed by atoms with van der Waals surface area (Å²) in [6.07, 6.45) is -1.06. The molecule has 0 saturated carbocycles. The van der Waals surface area contributed by atoms with Gasteiger partial charge in [0.2, 0.25) is 0 Å². The fourth-order valence-electron chi connectivity index (χ4n) is 2.46. The Kier molecular flexibility index (Phi) is 5.09. The van der Waals surface area contributed by atoms with Gasteiger partial charge in [-0.2, -0.15) is 13.2 Å². The first kappa shape index (κ1) is 13.8. The first-order chi connectivity index (χ1) is 7.38. The van der Waals surface area contributed by atoms with Crippen LogP contribution in [0.1, 0.15) is 39.0 Å². The molecule has 0 bridgehead atoms. The van der Waals surface area contributed by atoms with Gasteiger partial charge in [0, 0.05) is 6.42 Å². The van der Waals surface area contributed by atoms with Crippen molar-refractivity contribution in [2.24, 2.45) is 11.8 Å². The average Bonchev–Trinajstić information content (AvgIpc) is 2.38. The monoisotopic (exact) mass is 237 g/mol. The van der Waals surface area contributed by atoms with Gasteiger partial charge in [-0.25, -0.2) is 0 Å². The summed E-state index contributed by atoms with van der Waals surface area (Å²) in [5.74, 6) is 0.681. The second-order valence-electron chi connectivity index (χ2n) is 5.13. The predicted molar refractivity (Wildman–Crippen MR) is 59.3 cm³/mol. The van der Waals surface area contributed by atoms with Crippen molar-refractivity contribution in [1.82, 2.24) is 4.90 Å². The Morgan fingerprint density at radius 3 is 2.56 bits per heavy atom. The lowest BCUT2D eigenvalue weighted by molar-refractivity contribution is -0.138. The van der Waals surface area contributed by atoms with Gasteiger partial charge in [0.25, 0.3) is 0 Å². The zero-order valence-electron chi connectivity index (χ0n) is 10.2. The molecular formula is C12H22F3N. The summed E-state index contributed by atoms with van der Waals surface area (Å²) >= 11 is 0. The third kappa shape index (κ3) is 5.19. The molecule has 0 aliphatic carbocycles. The number of rotatable bonds is 3. The predicted octanol–water partition coefficient (Wildman–Crippen LogP) is 3.70. The van der Waals surface area contributed by atoms with E-state index in [0.29, 0.717) is 5.92 Å². The van der Waals surface area contributed by atoms with Gasteiger partial charge in [-0.05, 0) is 57.7 Å². The van der Waals surface area contributed by atoms with E-state index in [0.717, 1.165) is 32.4 Å². The molecule has 2 unspecified atom stereocenters. The molecule has 16 heavy (non-hydrogen) atoms. The topological polar surface area (TPSA) is 3.24 Å². The van der Waals surface area contributed by atoms with Crippen LogP contribution in [-0.4, -0.2) is 31.2 Å². The van der Waals surface area contributed by atoms with Crippen LogP contribution in [0.3, 0.4) is 0 Å². The van der Waals surface area contributed by atoms with Gasteiger partial charge in [-0.3, -0.25) is 0 Å². The minimum atomic E-state index is -3.99. The number of hydrogen-bond acceptors (Lipinski definition) is 1. The van der Waals surface area contributed by atoms with E-state index in [9.17, 15) is 13.2 Å². The Morgan fingerprint density at radius 2 is 1.94 bits per heavy atom. The fraction of sp³-hybridized carbons (Fsp3) is 1.00. The fourth-order valence-corrected chi connectivity index (χ4v) is 2.46. The standard InChI is InChI=1S/C12H22F3N/c1-10(5-7-12(13,14)15)11-4-3-8-16(2)9-6-11/h10-11H,3-9H2,1-2H3. The van der Waals surface area contributed by atoms with Crippen LogP contribution in [0.4, 0.5) is 13.2 Å². The van der Waals surface area contributed by atoms with Crippen LogP contribution in [-0.2, 0) is 0 Å². The van der Waals surface area contributed by atoms with Crippen LogP contribution in [0.15, 0.2) is 0 Å². The smallest absolute Gasteiger partial charge is 0.306 e. The van der Waals surface area contributed by atoms with E-state index in [2.05, 4.69) is 11.9 Å². The molecule has 0 radical (unpaired) electrons. The highest BCUT2D eigenvalue weighted by molar-refractivity contribution is 4.73. The van der Waals surface area contributed by atoms with Crippen LogP contribution in [0, 0.1) is 11.8 Å². The number of nitrogens with zero attached hydrogens (tertiary/aromatic N) is 1. The van der Waals surface area contributed by atoms with Crippen LogP contribution in [0.2, 0.25) is 0 Å². The van der Waals surface area contributed by atoms with Crippen molar-refractivity contribution in [1.29, 1.82) is 0 Å². The summed E-state index contributed by atoms with van der Waals surface area (Å²) in [5.41, 5.74) is 0. The summed E-state index contributed by atoms with van der Waals surface area (Å²) in [4.78, 5) is 2.27. The van der Waals surface area contributed by atoms with Gasteiger partial charge >= 0.3 is 6.18 Å². The second-order valence-corrected chi connectivity index (χ2v) is 5.13. The Bertz CT molecular complexity index is 203. The van der Waals surface area contributed by atoms with Gasteiger partial charge in [0.1, 0.15) is 0 Å². The van der Waals surface area contributed by atoms with Crippen molar-refractivity contribution in [3.63, 3.8) is 0 Å². The van der Waals surface area contributed by atoms with Crippen molar-refractivity contribution >= 4 is 0 Å². The van der Waals surface area contributed by atoms with Crippen molar-refractivity contribution < 1.29 is 13.2 Å². The SMILES string of the molecule is CC(CCC(F)(F)F)C1CCCN(C)CC1.